The van der Waals surface area contributed by atoms with Crippen molar-refractivity contribution in [2.75, 3.05) is 41.4 Å². The molecule has 34 heavy (non-hydrogen) atoms. The highest BCUT2D eigenvalue weighted by molar-refractivity contribution is 6.42. The lowest BCUT2D eigenvalue weighted by Gasteiger charge is -2.60. The average Bonchev–Trinajstić information content (AvgIpc) is 2.85. The molecule has 5 nitrogen and oxygen atoms in total. The molecule has 2 aromatic carbocycles. The fourth-order valence-electron chi connectivity index (χ4n) is 6.08. The number of benzene rings is 2. The number of amides is 1. The number of carbonyl (C=O) groups is 1. The van der Waals surface area contributed by atoms with E-state index in [-0.39, 0.29) is 23.0 Å². The van der Waals surface area contributed by atoms with Crippen LogP contribution in [0.4, 0.5) is 0 Å². The molecular weight excluding hydrogens is 471 g/mol. The van der Waals surface area contributed by atoms with E-state index >= 15 is 0 Å². The Morgan fingerprint density at radius 2 is 1.94 bits per heavy atom. The van der Waals surface area contributed by atoms with Crippen LogP contribution in [0.15, 0.2) is 42.5 Å². The maximum absolute atomic E-state index is 13.3. The second-order valence-electron chi connectivity index (χ2n) is 9.83. The van der Waals surface area contributed by atoms with E-state index in [1.807, 2.05) is 31.2 Å². The zero-order valence-corrected chi connectivity index (χ0v) is 22.0. The molecule has 2 aliphatic rings. The zero-order valence-electron chi connectivity index (χ0n) is 20.4. The molecular formula is C27H34Cl2N2O3. The highest BCUT2D eigenvalue weighted by atomic mass is 35.5. The highest BCUT2D eigenvalue weighted by Crippen LogP contribution is 2.54. The van der Waals surface area contributed by atoms with Gasteiger partial charge in [-0.15, -0.1) is 0 Å². The van der Waals surface area contributed by atoms with Gasteiger partial charge >= 0.3 is 0 Å². The number of hydrogen-bond acceptors (Lipinski definition) is 4. The number of nitrogens with zero attached hydrogens (tertiary/aromatic N) is 2. The number of ether oxygens (including phenoxy) is 2. The van der Waals surface area contributed by atoms with E-state index < -0.39 is 0 Å². The van der Waals surface area contributed by atoms with Crippen LogP contribution in [0.3, 0.4) is 0 Å². The molecule has 1 saturated carbocycles. The van der Waals surface area contributed by atoms with Gasteiger partial charge in [0.1, 0.15) is 5.75 Å². The van der Waals surface area contributed by atoms with Gasteiger partial charge in [-0.2, -0.15) is 0 Å². The number of rotatable bonds is 6. The van der Waals surface area contributed by atoms with Gasteiger partial charge in [0.15, 0.2) is 0 Å². The molecule has 2 aromatic rings. The topological polar surface area (TPSA) is 42.0 Å². The molecule has 3 atom stereocenters. The first-order valence-corrected chi connectivity index (χ1v) is 12.6. The minimum Gasteiger partial charge on any atom is -0.497 e. The predicted octanol–water partition coefficient (Wildman–Crippen LogP) is 5.21. The van der Waals surface area contributed by atoms with E-state index in [1.165, 1.54) is 5.56 Å². The Kier molecular flexibility index (Phi) is 7.49. The lowest BCUT2D eigenvalue weighted by Crippen LogP contribution is -2.67. The highest BCUT2D eigenvalue weighted by Gasteiger charge is 2.59. The summed E-state index contributed by atoms with van der Waals surface area (Å²) < 4.78 is 12.0. The molecule has 2 fully saturated rings. The monoisotopic (exact) mass is 504 g/mol. The number of halogens is 2. The largest absolute Gasteiger partial charge is 0.497 e. The molecule has 0 aromatic heterocycles. The van der Waals surface area contributed by atoms with Crippen LogP contribution in [0.5, 0.6) is 5.75 Å². The molecule has 7 heteroatoms. The number of fused-ring (bicyclic) bond motifs is 1. The number of likely N-dealkylation sites (N-methyl/N-ethyl adjacent to an activating group) is 2. The fourth-order valence-corrected chi connectivity index (χ4v) is 6.40. The van der Waals surface area contributed by atoms with Crippen LogP contribution < -0.4 is 4.74 Å². The Labute approximate surface area is 212 Å². The molecule has 184 valence electrons. The Morgan fingerprint density at radius 3 is 2.65 bits per heavy atom. The number of likely N-dealkylation sites (tertiary alicyclic amines) is 1. The third-order valence-corrected chi connectivity index (χ3v) is 8.82. The van der Waals surface area contributed by atoms with Gasteiger partial charge in [-0.05, 0) is 74.7 Å². The first kappa shape index (κ1) is 25.3. The summed E-state index contributed by atoms with van der Waals surface area (Å²) in [5.74, 6) is 0.934. The van der Waals surface area contributed by atoms with Crippen LogP contribution in [0.2, 0.25) is 10.0 Å². The Bertz CT molecular complexity index is 1050. The van der Waals surface area contributed by atoms with Crippen molar-refractivity contribution in [2.24, 2.45) is 0 Å². The normalized spacial score (nSPS) is 27.2. The summed E-state index contributed by atoms with van der Waals surface area (Å²) in [6.45, 7) is 1.85. The molecule has 1 amide bonds. The number of methoxy groups -OCH3 is 2. The Morgan fingerprint density at radius 1 is 1.15 bits per heavy atom. The molecule has 0 spiro atoms. The van der Waals surface area contributed by atoms with Crippen LogP contribution >= 0.6 is 23.2 Å². The molecule has 0 radical (unpaired) electrons. The molecule has 1 aliphatic carbocycles. The number of piperidine rings is 1. The summed E-state index contributed by atoms with van der Waals surface area (Å²) in [7, 11) is 7.63. The van der Waals surface area contributed by atoms with Crippen molar-refractivity contribution in [3.8, 4) is 5.75 Å². The van der Waals surface area contributed by atoms with Gasteiger partial charge in [-0.25, -0.2) is 0 Å². The minimum absolute atomic E-state index is 0.0852. The van der Waals surface area contributed by atoms with Crippen LogP contribution in [-0.2, 0) is 21.4 Å². The summed E-state index contributed by atoms with van der Waals surface area (Å²) in [4.78, 5) is 17.6. The SMILES string of the molecule is COc1cccc(C23CCN(C)CC2(OC)CCC(N(C)C(=O)Cc2ccc(Cl)c(Cl)c2)C3)c1. The lowest BCUT2D eigenvalue weighted by molar-refractivity contribution is -0.157. The van der Waals surface area contributed by atoms with Crippen molar-refractivity contribution < 1.29 is 14.3 Å². The molecule has 1 heterocycles. The second-order valence-corrected chi connectivity index (χ2v) is 10.6. The summed E-state index contributed by atoms with van der Waals surface area (Å²) in [6, 6.07) is 13.9. The van der Waals surface area contributed by atoms with E-state index in [9.17, 15) is 4.79 Å². The van der Waals surface area contributed by atoms with Gasteiger partial charge in [0.05, 0.1) is 29.2 Å². The molecule has 0 N–H and O–H groups in total. The van der Waals surface area contributed by atoms with E-state index in [0.29, 0.717) is 16.5 Å². The summed E-state index contributed by atoms with van der Waals surface area (Å²) >= 11 is 12.2. The quantitative estimate of drug-likeness (QED) is 0.541. The van der Waals surface area contributed by atoms with Gasteiger partial charge in [0.25, 0.3) is 0 Å². The maximum atomic E-state index is 13.3. The zero-order chi connectivity index (χ0) is 24.5. The minimum atomic E-state index is -0.309. The number of hydrogen-bond donors (Lipinski definition) is 0. The van der Waals surface area contributed by atoms with Crippen molar-refractivity contribution in [1.29, 1.82) is 0 Å². The predicted molar refractivity (Wildman–Crippen MR) is 137 cm³/mol. The van der Waals surface area contributed by atoms with Gasteiger partial charge in [0, 0.05) is 32.2 Å². The first-order valence-electron chi connectivity index (χ1n) is 11.8. The van der Waals surface area contributed by atoms with Crippen LogP contribution in [0.25, 0.3) is 0 Å². The lowest BCUT2D eigenvalue weighted by atomic mass is 9.55. The van der Waals surface area contributed by atoms with E-state index in [1.54, 1.807) is 19.2 Å². The summed E-state index contributed by atoms with van der Waals surface area (Å²) in [5, 5.41) is 0.970. The van der Waals surface area contributed by atoms with Crippen LogP contribution in [0.1, 0.15) is 36.8 Å². The summed E-state index contributed by atoms with van der Waals surface area (Å²) in [5.41, 5.74) is 1.59. The Balaban J connectivity index is 1.64. The average molecular weight is 505 g/mol. The molecule has 3 unspecified atom stereocenters. The van der Waals surface area contributed by atoms with Crippen molar-refractivity contribution in [3.05, 3.63) is 63.6 Å². The molecule has 1 saturated heterocycles. The van der Waals surface area contributed by atoms with Crippen molar-refractivity contribution >= 4 is 29.1 Å². The molecule has 4 rings (SSSR count). The van der Waals surface area contributed by atoms with E-state index in [4.69, 9.17) is 32.7 Å². The number of carbonyl (C=O) groups excluding carboxylic acids is 1. The van der Waals surface area contributed by atoms with Crippen LogP contribution in [0, 0.1) is 0 Å². The summed E-state index contributed by atoms with van der Waals surface area (Å²) in [6.07, 6.45) is 3.91. The van der Waals surface area contributed by atoms with E-state index in [2.05, 4.69) is 30.1 Å². The second kappa shape index (κ2) is 10.1. The van der Waals surface area contributed by atoms with Gasteiger partial charge in [-0.1, -0.05) is 41.4 Å². The first-order chi connectivity index (χ1) is 16.2. The molecule has 1 aliphatic heterocycles. The van der Waals surface area contributed by atoms with Crippen molar-refractivity contribution in [1.82, 2.24) is 9.80 Å². The van der Waals surface area contributed by atoms with E-state index in [0.717, 1.165) is 50.1 Å². The standard InChI is InChI=1S/C27H34Cl2N2O3/c1-30-13-12-26(20-6-5-7-22(16-20)33-3)17-21(10-11-27(26,18-30)34-4)31(2)25(32)15-19-8-9-23(28)24(29)14-19/h5-9,14,16,21H,10-13,15,17-18H2,1-4H3. The van der Waals surface area contributed by atoms with Gasteiger partial charge < -0.3 is 19.3 Å². The third kappa shape index (κ3) is 4.56. The van der Waals surface area contributed by atoms with Crippen LogP contribution in [-0.4, -0.2) is 68.8 Å². The van der Waals surface area contributed by atoms with Crippen molar-refractivity contribution in [3.63, 3.8) is 0 Å². The maximum Gasteiger partial charge on any atom is 0.226 e. The molecule has 0 bridgehead atoms. The smallest absolute Gasteiger partial charge is 0.226 e. The third-order valence-electron chi connectivity index (χ3n) is 8.08. The van der Waals surface area contributed by atoms with Gasteiger partial charge in [0.2, 0.25) is 5.91 Å². The fraction of sp³-hybridized carbons (Fsp3) is 0.519. The Hall–Kier alpha value is -1.79. The van der Waals surface area contributed by atoms with Gasteiger partial charge in [-0.3, -0.25) is 4.79 Å². The van der Waals surface area contributed by atoms with Crippen molar-refractivity contribution in [2.45, 2.75) is 49.2 Å².